The molecular weight excluding hydrogens is 416 g/mol. The number of nitrogens with one attached hydrogen (secondary N) is 1. The lowest BCUT2D eigenvalue weighted by atomic mass is 10.1. The van der Waals surface area contributed by atoms with Crippen LogP contribution in [0.4, 0.5) is 5.69 Å². The van der Waals surface area contributed by atoms with Crippen LogP contribution in [0.2, 0.25) is 0 Å². The number of fused-ring (bicyclic) bond motifs is 1. The van der Waals surface area contributed by atoms with Gasteiger partial charge >= 0.3 is 0 Å². The smallest absolute Gasteiger partial charge is 0.249 e. The van der Waals surface area contributed by atoms with Crippen LogP contribution < -0.4 is 10.2 Å². The van der Waals surface area contributed by atoms with E-state index >= 15 is 0 Å². The van der Waals surface area contributed by atoms with Gasteiger partial charge < -0.3 is 19.5 Å². The molecule has 33 heavy (non-hydrogen) atoms. The number of amides is 2. The van der Waals surface area contributed by atoms with Crippen LogP contribution in [-0.2, 0) is 27.3 Å². The van der Waals surface area contributed by atoms with E-state index in [1.165, 1.54) is 0 Å². The molecule has 3 aromatic rings. The molecule has 1 aliphatic rings. The predicted molar refractivity (Wildman–Crippen MR) is 129 cm³/mol. The molecule has 0 saturated carbocycles. The molecule has 1 aromatic heterocycles. The predicted octanol–water partition coefficient (Wildman–Crippen LogP) is 3.71. The first-order valence-electron chi connectivity index (χ1n) is 11.8. The Hall–Kier alpha value is -3.19. The van der Waals surface area contributed by atoms with E-state index in [9.17, 15) is 9.59 Å². The standard InChI is InChI=1S/C26H32N4O3/c1-29(20-11-4-2-5-12-20)25(31)19-30-22-14-8-7-13-21(22)28-24(30)16-6-3-9-17-27-26(32)23-15-10-18-33-23/h2,4-5,7-8,11-14,23H,3,6,9-10,15-19H2,1H3,(H,27,32). The zero-order valence-electron chi connectivity index (χ0n) is 19.2. The third kappa shape index (κ3) is 5.79. The molecule has 4 rings (SSSR count). The number of ether oxygens (including phenoxy) is 1. The van der Waals surface area contributed by atoms with Gasteiger partial charge in [0.2, 0.25) is 11.8 Å². The van der Waals surface area contributed by atoms with Crippen molar-refractivity contribution in [1.82, 2.24) is 14.9 Å². The lowest BCUT2D eigenvalue weighted by Crippen LogP contribution is -2.34. The number of nitrogens with zero attached hydrogens (tertiary/aromatic N) is 3. The van der Waals surface area contributed by atoms with Crippen molar-refractivity contribution in [2.24, 2.45) is 0 Å². The van der Waals surface area contributed by atoms with E-state index in [0.717, 1.165) is 61.1 Å². The molecule has 2 heterocycles. The highest BCUT2D eigenvalue weighted by Gasteiger charge is 2.22. The largest absolute Gasteiger partial charge is 0.368 e. The molecule has 0 radical (unpaired) electrons. The zero-order valence-corrected chi connectivity index (χ0v) is 19.2. The molecule has 0 aliphatic carbocycles. The highest BCUT2D eigenvalue weighted by Crippen LogP contribution is 2.19. The van der Waals surface area contributed by atoms with Gasteiger partial charge in [-0.25, -0.2) is 4.98 Å². The van der Waals surface area contributed by atoms with Crippen LogP contribution in [0.5, 0.6) is 0 Å². The maximum atomic E-state index is 13.0. The number of imidazole rings is 1. The fourth-order valence-corrected chi connectivity index (χ4v) is 4.22. The number of benzene rings is 2. The van der Waals surface area contributed by atoms with Crippen molar-refractivity contribution in [3.8, 4) is 0 Å². The van der Waals surface area contributed by atoms with E-state index in [2.05, 4.69) is 5.32 Å². The Balaban J connectivity index is 1.33. The maximum Gasteiger partial charge on any atom is 0.249 e. The number of hydrogen-bond acceptors (Lipinski definition) is 4. The summed E-state index contributed by atoms with van der Waals surface area (Å²) in [7, 11) is 1.81. The van der Waals surface area contributed by atoms with E-state index < -0.39 is 0 Å². The average Bonchev–Trinajstić information content (AvgIpc) is 3.50. The molecule has 1 N–H and O–H groups in total. The third-order valence-corrected chi connectivity index (χ3v) is 6.14. The minimum atomic E-state index is -0.267. The Labute approximate surface area is 194 Å². The lowest BCUT2D eigenvalue weighted by Gasteiger charge is -2.18. The summed E-state index contributed by atoms with van der Waals surface area (Å²) in [4.78, 5) is 31.5. The molecule has 1 saturated heterocycles. The second-order valence-electron chi connectivity index (χ2n) is 8.49. The quantitative estimate of drug-likeness (QED) is 0.480. The molecule has 174 valence electrons. The number of rotatable bonds is 10. The van der Waals surface area contributed by atoms with Crippen LogP contribution in [0.1, 0.15) is 37.9 Å². The Bertz CT molecular complexity index is 1070. The molecule has 0 spiro atoms. The molecule has 7 heteroatoms. The normalized spacial score (nSPS) is 15.6. The van der Waals surface area contributed by atoms with Crippen LogP contribution in [0.25, 0.3) is 11.0 Å². The van der Waals surface area contributed by atoms with Crippen molar-refractivity contribution in [1.29, 1.82) is 0 Å². The molecule has 1 fully saturated rings. The van der Waals surface area contributed by atoms with Gasteiger partial charge in [0.05, 0.1) is 11.0 Å². The van der Waals surface area contributed by atoms with Gasteiger partial charge in [0.1, 0.15) is 18.5 Å². The van der Waals surface area contributed by atoms with Crippen LogP contribution >= 0.6 is 0 Å². The number of para-hydroxylation sites is 3. The van der Waals surface area contributed by atoms with Crippen LogP contribution in [0.3, 0.4) is 0 Å². The molecule has 1 unspecified atom stereocenters. The number of unbranched alkanes of at least 4 members (excludes halogenated alkanes) is 2. The molecule has 2 amide bonds. The Morgan fingerprint density at radius 3 is 2.67 bits per heavy atom. The first-order valence-corrected chi connectivity index (χ1v) is 11.8. The molecular formula is C26H32N4O3. The highest BCUT2D eigenvalue weighted by atomic mass is 16.5. The summed E-state index contributed by atoms with van der Waals surface area (Å²) in [5, 5.41) is 2.98. The van der Waals surface area contributed by atoms with E-state index in [-0.39, 0.29) is 24.5 Å². The highest BCUT2D eigenvalue weighted by molar-refractivity contribution is 5.93. The Kier molecular flexibility index (Phi) is 7.73. The van der Waals surface area contributed by atoms with Gasteiger partial charge in [0.15, 0.2) is 0 Å². The summed E-state index contributed by atoms with van der Waals surface area (Å²) in [5.41, 5.74) is 2.76. The molecule has 0 bridgehead atoms. The monoisotopic (exact) mass is 448 g/mol. The van der Waals surface area contributed by atoms with E-state index in [1.807, 2.05) is 59.2 Å². The number of aromatic nitrogens is 2. The summed E-state index contributed by atoms with van der Waals surface area (Å²) < 4.78 is 7.45. The maximum absolute atomic E-state index is 13.0. The van der Waals surface area contributed by atoms with Crippen molar-refractivity contribution in [3.05, 3.63) is 60.4 Å². The number of hydrogen-bond donors (Lipinski definition) is 1. The number of aryl methyl sites for hydroxylation is 1. The first kappa shape index (κ1) is 23.0. The number of carbonyl (C=O) groups is 2. The number of likely N-dealkylation sites (N-methyl/N-ethyl adjacent to an activating group) is 1. The Morgan fingerprint density at radius 1 is 1.09 bits per heavy atom. The van der Waals surface area contributed by atoms with Crippen molar-refractivity contribution in [3.63, 3.8) is 0 Å². The van der Waals surface area contributed by atoms with Crippen molar-refractivity contribution in [2.45, 2.75) is 51.2 Å². The first-order chi connectivity index (χ1) is 16.1. The van der Waals surface area contributed by atoms with Crippen molar-refractivity contribution < 1.29 is 14.3 Å². The van der Waals surface area contributed by atoms with Crippen molar-refractivity contribution >= 4 is 28.5 Å². The van der Waals surface area contributed by atoms with E-state index in [1.54, 1.807) is 11.9 Å². The van der Waals surface area contributed by atoms with E-state index in [0.29, 0.717) is 13.2 Å². The van der Waals surface area contributed by atoms with Gasteiger partial charge in [-0.1, -0.05) is 36.8 Å². The third-order valence-electron chi connectivity index (χ3n) is 6.14. The SMILES string of the molecule is CN(C(=O)Cn1c(CCCCCNC(=O)C2CCCO2)nc2ccccc21)c1ccccc1. The molecule has 7 nitrogen and oxygen atoms in total. The summed E-state index contributed by atoms with van der Waals surface area (Å²) in [6.45, 7) is 1.59. The van der Waals surface area contributed by atoms with Gasteiger partial charge in [-0.3, -0.25) is 9.59 Å². The summed E-state index contributed by atoms with van der Waals surface area (Å²) in [6, 6.07) is 17.6. The van der Waals surface area contributed by atoms with Gasteiger partial charge in [-0.15, -0.1) is 0 Å². The fraction of sp³-hybridized carbons (Fsp3) is 0.423. The minimum Gasteiger partial charge on any atom is -0.368 e. The molecule has 2 aromatic carbocycles. The number of carbonyl (C=O) groups excluding carboxylic acids is 2. The summed E-state index contributed by atoms with van der Waals surface area (Å²) >= 11 is 0. The zero-order chi connectivity index (χ0) is 23.0. The summed E-state index contributed by atoms with van der Waals surface area (Å²) in [5.74, 6) is 0.951. The second-order valence-corrected chi connectivity index (χ2v) is 8.49. The molecule has 1 aliphatic heterocycles. The van der Waals surface area contributed by atoms with Gasteiger partial charge in [-0.05, 0) is 49.9 Å². The van der Waals surface area contributed by atoms with Crippen molar-refractivity contribution in [2.75, 3.05) is 25.1 Å². The van der Waals surface area contributed by atoms with Gasteiger partial charge in [0.25, 0.3) is 0 Å². The average molecular weight is 449 g/mol. The fourth-order valence-electron chi connectivity index (χ4n) is 4.22. The van der Waals surface area contributed by atoms with Crippen LogP contribution in [0.15, 0.2) is 54.6 Å². The minimum absolute atomic E-state index is 0.00957. The Morgan fingerprint density at radius 2 is 1.88 bits per heavy atom. The van der Waals surface area contributed by atoms with Crippen LogP contribution in [-0.4, -0.2) is 47.7 Å². The van der Waals surface area contributed by atoms with Crippen LogP contribution in [0, 0.1) is 0 Å². The summed E-state index contributed by atoms with van der Waals surface area (Å²) in [6.07, 6.45) is 5.14. The molecule has 1 atom stereocenters. The van der Waals surface area contributed by atoms with E-state index in [4.69, 9.17) is 9.72 Å². The topological polar surface area (TPSA) is 76.5 Å². The lowest BCUT2D eigenvalue weighted by molar-refractivity contribution is -0.130. The van der Waals surface area contributed by atoms with Gasteiger partial charge in [-0.2, -0.15) is 0 Å². The second kappa shape index (κ2) is 11.1. The number of anilines is 1. The van der Waals surface area contributed by atoms with Gasteiger partial charge in [0, 0.05) is 32.3 Å².